The first-order valence-electron chi connectivity index (χ1n) is 5.45. The molecule has 0 saturated heterocycles. The fourth-order valence-corrected chi connectivity index (χ4v) is 2.39. The number of amidine groups is 1. The van der Waals surface area contributed by atoms with Crippen LogP contribution in [0.25, 0.3) is 0 Å². The van der Waals surface area contributed by atoms with E-state index < -0.39 is 0 Å². The van der Waals surface area contributed by atoms with Crippen LogP contribution in [0.4, 0.5) is 11.4 Å². The number of nitrogen functional groups attached to an aromatic ring is 1. The highest BCUT2D eigenvalue weighted by Gasteiger charge is 2.35. The van der Waals surface area contributed by atoms with Gasteiger partial charge in [-0.25, -0.2) is 5.43 Å². The first kappa shape index (κ1) is 11.3. The number of hydrogen-bond acceptors (Lipinski definition) is 5. The minimum Gasteiger partial charge on any atom is -0.483 e. The van der Waals surface area contributed by atoms with Crippen molar-refractivity contribution in [1.29, 1.82) is 0 Å². The summed E-state index contributed by atoms with van der Waals surface area (Å²) in [5, 5.41) is 4.00. The number of nitrogens with one attached hydrogen (secondary N) is 1. The Morgan fingerprint density at radius 2 is 2.39 bits per heavy atom. The third kappa shape index (κ3) is 1.54. The van der Waals surface area contributed by atoms with Crippen LogP contribution in [0.15, 0.2) is 21.7 Å². The average Bonchev–Trinajstić information content (AvgIpc) is 2.35. The topological polar surface area (TPSA) is 79.9 Å². The lowest BCUT2D eigenvalue weighted by Crippen LogP contribution is -2.55. The average molecular weight is 311 g/mol. The molecule has 7 heteroatoms. The van der Waals surface area contributed by atoms with Crippen LogP contribution in [0.3, 0.4) is 0 Å². The Hall–Kier alpha value is -1.76. The molecule has 3 N–H and O–H groups in total. The molecule has 0 radical (unpaired) electrons. The first-order chi connectivity index (χ1) is 8.58. The Morgan fingerprint density at radius 3 is 3.17 bits per heavy atom. The summed E-state index contributed by atoms with van der Waals surface area (Å²) in [6.45, 7) is 2.14. The molecule has 0 bridgehead atoms. The second-order valence-corrected chi connectivity index (χ2v) is 5.03. The number of rotatable bonds is 0. The maximum atomic E-state index is 11.7. The highest BCUT2D eigenvalue weighted by atomic mass is 79.9. The van der Waals surface area contributed by atoms with Crippen molar-refractivity contribution in [1.82, 2.24) is 5.43 Å². The van der Waals surface area contributed by atoms with E-state index in [9.17, 15) is 4.79 Å². The number of anilines is 2. The number of nitrogens with zero attached hydrogens (tertiary/aromatic N) is 2. The number of amides is 1. The van der Waals surface area contributed by atoms with Crippen LogP contribution in [-0.2, 0) is 4.79 Å². The van der Waals surface area contributed by atoms with E-state index >= 15 is 0 Å². The Morgan fingerprint density at radius 1 is 1.61 bits per heavy atom. The molecule has 0 saturated carbocycles. The highest BCUT2D eigenvalue weighted by Crippen LogP contribution is 2.39. The lowest BCUT2D eigenvalue weighted by molar-refractivity contribution is -0.122. The third-order valence-corrected chi connectivity index (χ3v) is 3.72. The number of nitrogens with two attached hydrogens (primary N) is 1. The zero-order valence-electron chi connectivity index (χ0n) is 9.61. The van der Waals surface area contributed by atoms with Crippen molar-refractivity contribution in [3.63, 3.8) is 0 Å². The van der Waals surface area contributed by atoms with Gasteiger partial charge in [-0.05, 0) is 35.0 Å². The van der Waals surface area contributed by atoms with Gasteiger partial charge in [0, 0.05) is 10.2 Å². The molecule has 6 nitrogen and oxygen atoms in total. The van der Waals surface area contributed by atoms with Gasteiger partial charge < -0.3 is 15.4 Å². The Kier molecular flexibility index (Phi) is 2.44. The maximum Gasteiger partial charge on any atom is 0.262 e. The Balaban J connectivity index is 2.16. The molecule has 2 aliphatic heterocycles. The van der Waals surface area contributed by atoms with Gasteiger partial charge in [0.15, 0.2) is 5.84 Å². The second kappa shape index (κ2) is 3.88. The summed E-state index contributed by atoms with van der Waals surface area (Å²) < 4.78 is 6.38. The summed E-state index contributed by atoms with van der Waals surface area (Å²) in [4.78, 5) is 13.5. The normalized spacial score (nSPS) is 21.4. The number of halogens is 1. The lowest BCUT2D eigenvalue weighted by atomic mass is 10.1. The van der Waals surface area contributed by atoms with Gasteiger partial charge >= 0.3 is 0 Å². The second-order valence-electron chi connectivity index (χ2n) is 4.18. The van der Waals surface area contributed by atoms with Gasteiger partial charge in [0.2, 0.25) is 0 Å². The monoisotopic (exact) mass is 310 g/mol. The van der Waals surface area contributed by atoms with Gasteiger partial charge in [-0.15, -0.1) is 0 Å². The van der Waals surface area contributed by atoms with E-state index in [-0.39, 0.29) is 11.9 Å². The SMILES string of the molecule is CC1C(=O)NN=C2COc3cc(Br)c(N)cc3N21. The first-order valence-corrected chi connectivity index (χ1v) is 6.24. The third-order valence-electron chi connectivity index (χ3n) is 3.03. The largest absolute Gasteiger partial charge is 0.483 e. The molecule has 18 heavy (non-hydrogen) atoms. The van der Waals surface area contributed by atoms with Crippen LogP contribution in [0.5, 0.6) is 5.75 Å². The van der Waals surface area contributed by atoms with Crippen molar-refractivity contribution in [2.24, 2.45) is 5.10 Å². The number of hydrogen-bond donors (Lipinski definition) is 2. The number of hydrazone groups is 1. The zero-order valence-corrected chi connectivity index (χ0v) is 11.2. The predicted molar refractivity (Wildman–Crippen MR) is 71.6 cm³/mol. The molecule has 1 unspecified atom stereocenters. The van der Waals surface area contributed by atoms with Crippen molar-refractivity contribution in [2.45, 2.75) is 13.0 Å². The molecule has 0 aromatic heterocycles. The van der Waals surface area contributed by atoms with Crippen LogP contribution in [0.1, 0.15) is 6.92 Å². The van der Waals surface area contributed by atoms with E-state index in [2.05, 4.69) is 26.5 Å². The summed E-state index contributed by atoms with van der Waals surface area (Å²) >= 11 is 3.36. The molecule has 1 aromatic rings. The number of benzene rings is 1. The summed E-state index contributed by atoms with van der Waals surface area (Å²) in [5.74, 6) is 1.22. The lowest BCUT2D eigenvalue weighted by Gasteiger charge is -2.38. The smallest absolute Gasteiger partial charge is 0.262 e. The molecular formula is C11H11BrN4O2. The van der Waals surface area contributed by atoms with Gasteiger partial charge in [-0.2, -0.15) is 5.10 Å². The summed E-state index contributed by atoms with van der Waals surface area (Å²) in [5.41, 5.74) is 9.71. The molecule has 1 amide bonds. The van der Waals surface area contributed by atoms with E-state index in [1.807, 2.05) is 11.8 Å². The summed E-state index contributed by atoms with van der Waals surface area (Å²) in [7, 11) is 0. The van der Waals surface area contributed by atoms with Gasteiger partial charge in [0.25, 0.3) is 5.91 Å². The molecule has 1 aromatic carbocycles. The summed E-state index contributed by atoms with van der Waals surface area (Å²) in [6.07, 6.45) is 0. The molecule has 0 spiro atoms. The van der Waals surface area contributed by atoms with Gasteiger partial charge in [-0.1, -0.05) is 0 Å². The van der Waals surface area contributed by atoms with Crippen LogP contribution in [-0.4, -0.2) is 24.4 Å². The van der Waals surface area contributed by atoms with Gasteiger partial charge in [-0.3, -0.25) is 4.79 Å². The standard InChI is InChI=1S/C11H11BrN4O2/c1-5-11(17)15-14-10-4-18-9-2-6(12)7(13)3-8(9)16(5)10/h2-3,5H,4,13H2,1H3,(H,15,17). The molecule has 0 aliphatic carbocycles. The van der Waals surface area contributed by atoms with Crippen LogP contribution in [0.2, 0.25) is 0 Å². The Bertz CT molecular complexity index is 572. The highest BCUT2D eigenvalue weighted by molar-refractivity contribution is 9.10. The van der Waals surface area contributed by atoms with Crippen molar-refractivity contribution in [3.8, 4) is 5.75 Å². The molecule has 2 heterocycles. The van der Waals surface area contributed by atoms with Gasteiger partial charge in [0.1, 0.15) is 18.4 Å². The van der Waals surface area contributed by atoms with Crippen molar-refractivity contribution >= 4 is 39.0 Å². The fraction of sp³-hybridized carbons (Fsp3) is 0.273. The molecular weight excluding hydrogens is 300 g/mol. The van der Waals surface area contributed by atoms with Crippen molar-refractivity contribution in [2.75, 3.05) is 17.2 Å². The molecule has 1 atom stereocenters. The fourth-order valence-electron chi connectivity index (χ4n) is 2.06. The van der Waals surface area contributed by atoms with E-state index in [4.69, 9.17) is 10.5 Å². The van der Waals surface area contributed by atoms with Gasteiger partial charge in [0.05, 0.1) is 5.69 Å². The number of carbonyl (C=O) groups is 1. The van der Waals surface area contributed by atoms with Crippen LogP contribution in [0, 0.1) is 0 Å². The van der Waals surface area contributed by atoms with E-state index in [0.29, 0.717) is 23.9 Å². The molecule has 0 fully saturated rings. The van der Waals surface area contributed by atoms with Crippen molar-refractivity contribution < 1.29 is 9.53 Å². The Labute approximate surface area is 112 Å². The number of ether oxygens (including phenoxy) is 1. The van der Waals surface area contributed by atoms with Crippen LogP contribution >= 0.6 is 15.9 Å². The van der Waals surface area contributed by atoms with Crippen LogP contribution < -0.4 is 20.8 Å². The molecule has 2 aliphatic rings. The van der Waals surface area contributed by atoms with E-state index in [1.165, 1.54) is 0 Å². The van der Waals surface area contributed by atoms with E-state index in [1.54, 1.807) is 12.1 Å². The maximum absolute atomic E-state index is 11.7. The number of carbonyl (C=O) groups excluding carboxylic acids is 1. The predicted octanol–water partition coefficient (Wildman–Crippen LogP) is 1.06. The molecule has 3 rings (SSSR count). The van der Waals surface area contributed by atoms with E-state index in [0.717, 1.165) is 10.2 Å². The minimum atomic E-state index is -0.333. The molecule has 94 valence electrons. The number of fused-ring (bicyclic) bond motifs is 3. The zero-order chi connectivity index (χ0) is 12.9. The minimum absolute atomic E-state index is 0.145. The summed E-state index contributed by atoms with van der Waals surface area (Å²) in [6, 6.07) is 3.25. The van der Waals surface area contributed by atoms with Crippen molar-refractivity contribution in [3.05, 3.63) is 16.6 Å². The quantitative estimate of drug-likeness (QED) is 0.702.